The number of anilines is 1. The van der Waals surface area contributed by atoms with Gasteiger partial charge in [-0.3, -0.25) is 4.98 Å². The summed E-state index contributed by atoms with van der Waals surface area (Å²) in [6, 6.07) is 16.0. The average molecular weight is 308 g/mol. The topological polar surface area (TPSA) is 48.7 Å². The molecule has 0 fully saturated rings. The Hall–Kier alpha value is -2.57. The van der Waals surface area contributed by atoms with E-state index in [-0.39, 0.29) is 0 Å². The quantitative estimate of drug-likeness (QED) is 0.764. The highest BCUT2D eigenvalue weighted by atomic mass is 35.5. The van der Waals surface area contributed by atoms with Crippen molar-refractivity contribution in [3.63, 3.8) is 0 Å². The monoisotopic (exact) mass is 307 g/mol. The molecule has 3 rings (SSSR count). The second-order valence-corrected chi connectivity index (χ2v) is 5.60. The molecule has 1 N–H and O–H groups in total. The molecule has 1 heterocycles. The van der Waals surface area contributed by atoms with Crippen molar-refractivity contribution in [2.45, 2.75) is 13.5 Å². The van der Waals surface area contributed by atoms with E-state index in [2.05, 4.69) is 47.6 Å². The van der Waals surface area contributed by atoms with Gasteiger partial charge < -0.3 is 5.32 Å². The van der Waals surface area contributed by atoms with E-state index in [1.807, 2.05) is 12.1 Å². The zero-order chi connectivity index (χ0) is 15.5. The molecule has 0 aliphatic rings. The largest absolute Gasteiger partial charge is 0.379 e. The van der Waals surface area contributed by atoms with E-state index in [9.17, 15) is 5.26 Å². The number of fused-ring (bicyclic) bond motifs is 1. The van der Waals surface area contributed by atoms with E-state index >= 15 is 0 Å². The summed E-state index contributed by atoms with van der Waals surface area (Å²) in [7, 11) is 0. The Morgan fingerprint density at radius 1 is 1.18 bits per heavy atom. The second kappa shape index (κ2) is 6.05. The molecule has 0 amide bonds. The highest BCUT2D eigenvalue weighted by molar-refractivity contribution is 6.31. The van der Waals surface area contributed by atoms with Crippen molar-refractivity contribution >= 4 is 28.2 Å². The van der Waals surface area contributed by atoms with Crippen LogP contribution in [0.3, 0.4) is 0 Å². The lowest BCUT2D eigenvalue weighted by molar-refractivity contribution is 1.14. The van der Waals surface area contributed by atoms with Gasteiger partial charge in [0.15, 0.2) is 0 Å². The number of nitrogens with zero attached hydrogens (tertiary/aromatic N) is 2. The molecular weight excluding hydrogens is 294 g/mol. The van der Waals surface area contributed by atoms with Crippen LogP contribution in [-0.2, 0) is 6.54 Å². The van der Waals surface area contributed by atoms with Crippen molar-refractivity contribution in [1.82, 2.24) is 4.98 Å². The maximum Gasteiger partial charge on any atom is 0.103 e. The lowest BCUT2D eigenvalue weighted by atomic mass is 10.1. The van der Waals surface area contributed by atoms with Gasteiger partial charge in [-0.2, -0.15) is 5.26 Å². The molecule has 22 heavy (non-hydrogen) atoms. The molecule has 0 spiro atoms. The van der Waals surface area contributed by atoms with Gasteiger partial charge in [-0.05, 0) is 30.7 Å². The van der Waals surface area contributed by atoms with Gasteiger partial charge in [0.1, 0.15) is 6.07 Å². The molecule has 1 aromatic heterocycles. The summed E-state index contributed by atoms with van der Waals surface area (Å²) in [4.78, 5) is 4.30. The van der Waals surface area contributed by atoms with Crippen LogP contribution in [0.1, 0.15) is 16.7 Å². The molecule has 0 radical (unpaired) electrons. The maximum atomic E-state index is 9.32. The Balaban J connectivity index is 1.99. The molecule has 0 saturated carbocycles. The zero-order valence-corrected chi connectivity index (χ0v) is 12.9. The molecule has 3 nitrogen and oxygen atoms in total. The first-order valence-electron chi connectivity index (χ1n) is 6.95. The summed E-state index contributed by atoms with van der Waals surface area (Å²) >= 11 is 6.08. The molecule has 108 valence electrons. The number of hydrogen-bond donors (Lipinski definition) is 1. The number of hydrogen-bond acceptors (Lipinski definition) is 3. The van der Waals surface area contributed by atoms with E-state index in [0.717, 1.165) is 22.2 Å². The zero-order valence-electron chi connectivity index (χ0n) is 12.1. The van der Waals surface area contributed by atoms with Gasteiger partial charge in [0.2, 0.25) is 0 Å². The fraction of sp³-hybridized carbons (Fsp3) is 0.111. The third-order valence-electron chi connectivity index (χ3n) is 3.54. The number of rotatable bonds is 3. The van der Waals surface area contributed by atoms with Crippen LogP contribution >= 0.6 is 11.6 Å². The lowest BCUT2D eigenvalue weighted by Crippen LogP contribution is -2.03. The van der Waals surface area contributed by atoms with E-state index in [1.54, 1.807) is 12.3 Å². The molecule has 2 aromatic carbocycles. The Morgan fingerprint density at radius 3 is 2.68 bits per heavy atom. The third kappa shape index (κ3) is 2.88. The normalized spacial score (nSPS) is 10.4. The minimum Gasteiger partial charge on any atom is -0.379 e. The molecule has 0 atom stereocenters. The second-order valence-electron chi connectivity index (χ2n) is 5.16. The van der Waals surface area contributed by atoms with Gasteiger partial charge in [0, 0.05) is 23.2 Å². The number of halogens is 1. The molecule has 4 heteroatoms. The van der Waals surface area contributed by atoms with Gasteiger partial charge in [-0.15, -0.1) is 0 Å². The molecule has 0 aliphatic heterocycles. The van der Waals surface area contributed by atoms with Crippen LogP contribution in [0.25, 0.3) is 10.9 Å². The summed E-state index contributed by atoms with van der Waals surface area (Å²) in [6.07, 6.45) is 1.59. The molecule has 0 bridgehead atoms. The summed E-state index contributed by atoms with van der Waals surface area (Å²) in [5.41, 5.74) is 4.48. The number of pyridine rings is 1. The van der Waals surface area contributed by atoms with Gasteiger partial charge in [-0.25, -0.2) is 0 Å². The lowest BCUT2D eigenvalue weighted by Gasteiger charge is -2.12. The first-order chi connectivity index (χ1) is 10.7. The SMILES string of the molecule is Cc1ccc(CNc2c(C#N)cnc3ccc(Cl)cc23)cc1. The third-order valence-corrected chi connectivity index (χ3v) is 3.78. The van der Waals surface area contributed by atoms with E-state index in [1.165, 1.54) is 5.56 Å². The first-order valence-corrected chi connectivity index (χ1v) is 7.33. The van der Waals surface area contributed by atoms with Crippen LogP contribution in [0.4, 0.5) is 5.69 Å². The minimum absolute atomic E-state index is 0.516. The van der Waals surface area contributed by atoms with Crippen molar-refractivity contribution in [2.24, 2.45) is 0 Å². The Labute approximate surface area is 134 Å². The molecule has 0 unspecified atom stereocenters. The predicted molar refractivity (Wildman–Crippen MR) is 90.0 cm³/mol. The van der Waals surface area contributed by atoms with Crippen molar-refractivity contribution in [3.05, 3.63) is 70.4 Å². The van der Waals surface area contributed by atoms with Crippen LogP contribution in [-0.4, -0.2) is 4.98 Å². The molecule has 0 saturated heterocycles. The number of benzene rings is 2. The van der Waals surface area contributed by atoms with Crippen LogP contribution in [0, 0.1) is 18.3 Å². The fourth-order valence-corrected chi connectivity index (χ4v) is 2.51. The molecule has 0 aliphatic carbocycles. The van der Waals surface area contributed by atoms with Crippen molar-refractivity contribution in [3.8, 4) is 6.07 Å². The van der Waals surface area contributed by atoms with E-state index in [0.29, 0.717) is 17.1 Å². The number of aryl methyl sites for hydroxylation is 1. The first kappa shape index (κ1) is 14.4. The fourth-order valence-electron chi connectivity index (χ4n) is 2.34. The number of nitriles is 1. The highest BCUT2D eigenvalue weighted by Crippen LogP contribution is 2.28. The average Bonchev–Trinajstić information content (AvgIpc) is 2.54. The van der Waals surface area contributed by atoms with Gasteiger partial charge >= 0.3 is 0 Å². The highest BCUT2D eigenvalue weighted by Gasteiger charge is 2.09. The van der Waals surface area contributed by atoms with Crippen molar-refractivity contribution in [2.75, 3.05) is 5.32 Å². The van der Waals surface area contributed by atoms with Crippen LogP contribution in [0.15, 0.2) is 48.7 Å². The maximum absolute atomic E-state index is 9.32. The number of aromatic nitrogens is 1. The summed E-state index contributed by atoms with van der Waals surface area (Å²) in [6.45, 7) is 2.70. The molecular formula is C18H14ClN3. The predicted octanol–water partition coefficient (Wildman–Crippen LogP) is 4.68. The summed E-state index contributed by atoms with van der Waals surface area (Å²) in [5, 5.41) is 14.2. The smallest absolute Gasteiger partial charge is 0.103 e. The van der Waals surface area contributed by atoms with Crippen LogP contribution in [0.2, 0.25) is 5.02 Å². The van der Waals surface area contributed by atoms with Crippen molar-refractivity contribution in [1.29, 1.82) is 5.26 Å². The van der Waals surface area contributed by atoms with E-state index in [4.69, 9.17) is 11.6 Å². The van der Waals surface area contributed by atoms with Gasteiger partial charge in [0.05, 0.1) is 16.8 Å². The van der Waals surface area contributed by atoms with Crippen LogP contribution < -0.4 is 5.32 Å². The molecule has 3 aromatic rings. The summed E-state index contributed by atoms with van der Waals surface area (Å²) < 4.78 is 0. The Morgan fingerprint density at radius 2 is 1.95 bits per heavy atom. The Kier molecular flexibility index (Phi) is 3.95. The van der Waals surface area contributed by atoms with Crippen LogP contribution in [0.5, 0.6) is 0 Å². The van der Waals surface area contributed by atoms with Gasteiger partial charge in [0.25, 0.3) is 0 Å². The van der Waals surface area contributed by atoms with E-state index < -0.39 is 0 Å². The Bertz CT molecular complexity index is 864. The minimum atomic E-state index is 0.516. The standard InChI is InChI=1S/C18H14ClN3/c1-12-2-4-13(5-3-12)10-22-18-14(9-20)11-21-17-7-6-15(19)8-16(17)18/h2-8,11H,10H2,1H3,(H,21,22). The summed E-state index contributed by atoms with van der Waals surface area (Å²) in [5.74, 6) is 0. The van der Waals surface area contributed by atoms with Gasteiger partial charge in [-0.1, -0.05) is 41.4 Å². The number of nitrogens with one attached hydrogen (secondary N) is 1. The van der Waals surface area contributed by atoms with Crippen molar-refractivity contribution < 1.29 is 0 Å².